The highest BCUT2D eigenvalue weighted by Crippen LogP contribution is 1.64. The number of guanidine groups is 1. The van der Waals surface area contributed by atoms with Crippen LogP contribution in [0.1, 0.15) is 6.92 Å². The summed E-state index contributed by atoms with van der Waals surface area (Å²) in [6.45, 7) is 8.72. The van der Waals surface area contributed by atoms with Gasteiger partial charge in [-0.3, -0.25) is 0 Å². The largest absolute Gasteiger partial charge is 0.365 e. The van der Waals surface area contributed by atoms with Gasteiger partial charge in [-0.2, -0.15) is 11.5 Å². The molecule has 0 fully saturated rings. The van der Waals surface area contributed by atoms with Crippen molar-refractivity contribution in [3.8, 4) is 0 Å². The predicted octanol–water partition coefficient (Wildman–Crippen LogP) is -0.255. The Morgan fingerprint density at radius 3 is 3.00 bits per heavy atom. The standard InChI is InChI=1S/C4H8N4/c1-3-7-4(5)8-6-2/h3H2,1H3,(H3,5,7,8). The van der Waals surface area contributed by atoms with Gasteiger partial charge in [0.2, 0.25) is 0 Å². The van der Waals surface area contributed by atoms with Crippen molar-refractivity contribution in [2.45, 2.75) is 6.92 Å². The molecule has 44 valence electrons. The van der Waals surface area contributed by atoms with Gasteiger partial charge in [0.15, 0.2) is 0 Å². The second-order valence-electron chi connectivity index (χ2n) is 1.08. The Morgan fingerprint density at radius 2 is 2.62 bits per heavy atom. The summed E-state index contributed by atoms with van der Waals surface area (Å²) < 4.78 is 0. The summed E-state index contributed by atoms with van der Waals surface area (Å²) in [4.78, 5) is 6.48. The van der Waals surface area contributed by atoms with E-state index in [9.17, 15) is 0 Å². The Hall–Kier alpha value is -1.24. The van der Waals surface area contributed by atoms with E-state index in [2.05, 4.69) is 15.4 Å². The van der Waals surface area contributed by atoms with Gasteiger partial charge < -0.3 is 5.73 Å². The van der Waals surface area contributed by atoms with E-state index in [1.165, 1.54) is 0 Å². The van der Waals surface area contributed by atoms with E-state index in [-0.39, 0.29) is 5.96 Å². The number of nitrogens with two attached hydrogens (primary N) is 1. The predicted molar refractivity (Wildman–Crippen MR) is 31.9 cm³/mol. The van der Waals surface area contributed by atoms with Crippen LogP contribution in [0.4, 0.5) is 0 Å². The molecule has 0 aliphatic carbocycles. The zero-order valence-corrected chi connectivity index (χ0v) is 4.68. The first-order chi connectivity index (χ1) is 3.81. The van der Waals surface area contributed by atoms with Gasteiger partial charge in [0.25, 0.3) is 5.96 Å². The van der Waals surface area contributed by atoms with Crippen molar-refractivity contribution in [2.75, 3.05) is 6.54 Å². The lowest BCUT2D eigenvalue weighted by Crippen LogP contribution is -2.25. The molecule has 0 aromatic heterocycles. The molecule has 0 bridgehead atoms. The molecule has 0 aliphatic rings. The molecule has 0 spiro atoms. The molecule has 3 N–H and O–H groups in total. The van der Waals surface area contributed by atoms with Crippen molar-refractivity contribution in [1.82, 2.24) is 5.43 Å². The first kappa shape index (κ1) is 6.76. The lowest BCUT2D eigenvalue weighted by molar-refractivity contribution is 1.08. The van der Waals surface area contributed by atoms with Crippen molar-refractivity contribution in [3.05, 3.63) is 11.5 Å². The van der Waals surface area contributed by atoms with Gasteiger partial charge in [-0.1, -0.05) is 5.43 Å². The van der Waals surface area contributed by atoms with Gasteiger partial charge in [-0.15, -0.1) is 0 Å². The Morgan fingerprint density at radius 1 is 2.00 bits per heavy atom. The zero-order chi connectivity index (χ0) is 6.41. The van der Waals surface area contributed by atoms with Gasteiger partial charge >= 0.3 is 0 Å². The summed E-state index contributed by atoms with van der Waals surface area (Å²) in [5.41, 5.74) is 7.29. The zero-order valence-electron chi connectivity index (χ0n) is 4.68. The van der Waals surface area contributed by atoms with Crippen LogP contribution in [0.3, 0.4) is 0 Å². The third-order valence-corrected chi connectivity index (χ3v) is 0.499. The average molecular weight is 112 g/mol. The van der Waals surface area contributed by atoms with Gasteiger partial charge in [0.05, 0.1) is 0 Å². The molecule has 8 heavy (non-hydrogen) atoms. The summed E-state index contributed by atoms with van der Waals surface area (Å²) in [6.07, 6.45) is 0. The molecule has 0 aromatic rings. The molecule has 0 aromatic carbocycles. The average Bonchev–Trinajstić information content (AvgIpc) is 1.68. The van der Waals surface area contributed by atoms with E-state index in [1.807, 2.05) is 6.92 Å². The fourth-order valence-electron chi connectivity index (χ4n) is 0.263. The normalized spacial score (nSPS) is 10.2. The molecule has 0 atom stereocenters. The fourth-order valence-corrected chi connectivity index (χ4v) is 0.263. The van der Waals surface area contributed by atoms with Crippen LogP contribution in [-0.4, -0.2) is 12.5 Å². The summed E-state index contributed by atoms with van der Waals surface area (Å²) >= 11 is 0. The molecule has 0 unspecified atom stereocenters. The van der Waals surface area contributed by atoms with Crippen LogP contribution in [0.25, 0.3) is 4.95 Å². The molecular weight excluding hydrogens is 104 g/mol. The van der Waals surface area contributed by atoms with Gasteiger partial charge in [-0.05, 0) is 6.92 Å². The Labute approximate surface area is 48.2 Å². The van der Waals surface area contributed by atoms with Crippen LogP contribution >= 0.6 is 0 Å². The van der Waals surface area contributed by atoms with E-state index >= 15 is 0 Å². The Bertz CT molecular complexity index is 120. The molecule has 0 amide bonds. The van der Waals surface area contributed by atoms with Crippen LogP contribution in [0, 0.1) is 6.57 Å². The van der Waals surface area contributed by atoms with E-state index < -0.39 is 0 Å². The third kappa shape index (κ3) is 2.97. The maximum atomic E-state index is 6.26. The molecule has 4 heteroatoms. The van der Waals surface area contributed by atoms with Crippen molar-refractivity contribution in [2.24, 2.45) is 10.7 Å². The SMILES string of the molecule is [C-]#[N+]NC(N)=NCC. The van der Waals surface area contributed by atoms with E-state index in [1.54, 1.807) is 0 Å². The smallest absolute Gasteiger partial charge is 0.259 e. The van der Waals surface area contributed by atoms with Crippen molar-refractivity contribution < 1.29 is 0 Å². The molecule has 0 rings (SSSR count). The maximum absolute atomic E-state index is 6.26. The number of nitrogens with one attached hydrogen (secondary N) is 1. The van der Waals surface area contributed by atoms with Crippen LogP contribution in [0.15, 0.2) is 4.99 Å². The lowest BCUT2D eigenvalue weighted by atomic mass is 10.8. The van der Waals surface area contributed by atoms with Gasteiger partial charge in [0, 0.05) is 6.54 Å². The minimum Gasteiger partial charge on any atom is -0.365 e. The number of hydrogen-bond donors (Lipinski definition) is 2. The second kappa shape index (κ2) is 3.93. The maximum Gasteiger partial charge on any atom is 0.259 e. The van der Waals surface area contributed by atoms with E-state index in [0.29, 0.717) is 6.54 Å². The Kier molecular flexibility index (Phi) is 3.32. The summed E-state index contributed by atoms with van der Waals surface area (Å²) in [6, 6.07) is 0. The molecule has 0 aliphatic heterocycles. The highest BCUT2D eigenvalue weighted by molar-refractivity contribution is 5.78. The van der Waals surface area contributed by atoms with Crippen LogP contribution < -0.4 is 11.2 Å². The third-order valence-electron chi connectivity index (χ3n) is 0.499. The molecule has 0 radical (unpaired) electrons. The minimum absolute atomic E-state index is 0.183. The second-order valence-corrected chi connectivity index (χ2v) is 1.08. The molecule has 0 saturated carbocycles. The van der Waals surface area contributed by atoms with Crippen LogP contribution in [0.2, 0.25) is 0 Å². The minimum atomic E-state index is 0.183. The quantitative estimate of drug-likeness (QED) is 0.212. The monoisotopic (exact) mass is 112 g/mol. The van der Waals surface area contributed by atoms with Gasteiger partial charge in [-0.25, -0.2) is 4.99 Å². The van der Waals surface area contributed by atoms with Crippen LogP contribution in [-0.2, 0) is 0 Å². The van der Waals surface area contributed by atoms with E-state index in [4.69, 9.17) is 12.3 Å². The lowest BCUT2D eigenvalue weighted by Gasteiger charge is -1.86. The molecule has 0 saturated heterocycles. The van der Waals surface area contributed by atoms with Crippen molar-refractivity contribution in [1.29, 1.82) is 0 Å². The topological polar surface area (TPSA) is 54.8 Å². The summed E-state index contributed by atoms with van der Waals surface area (Å²) in [5, 5.41) is 0. The summed E-state index contributed by atoms with van der Waals surface area (Å²) in [5.74, 6) is 0.183. The highest BCUT2D eigenvalue weighted by atomic mass is 15.3. The number of aliphatic imine (C=N–C) groups is 1. The first-order valence-corrected chi connectivity index (χ1v) is 2.23. The number of nitrogens with zero attached hydrogens (tertiary/aromatic N) is 2. The highest BCUT2D eigenvalue weighted by Gasteiger charge is 1.84. The number of rotatable bonds is 1. The van der Waals surface area contributed by atoms with Crippen molar-refractivity contribution >= 4 is 5.96 Å². The van der Waals surface area contributed by atoms with E-state index in [0.717, 1.165) is 0 Å². The summed E-state index contributed by atoms with van der Waals surface area (Å²) in [7, 11) is 0. The fraction of sp³-hybridized carbons (Fsp3) is 0.500. The van der Waals surface area contributed by atoms with Crippen molar-refractivity contribution in [3.63, 3.8) is 0 Å². The first-order valence-electron chi connectivity index (χ1n) is 2.23. The molecule has 4 nitrogen and oxygen atoms in total. The van der Waals surface area contributed by atoms with Gasteiger partial charge in [0.1, 0.15) is 0 Å². The molecule has 0 heterocycles. The molecular formula is C4H8N4. The Balaban J connectivity index is 3.49. The number of hydrogen-bond acceptors (Lipinski definition) is 1. The van der Waals surface area contributed by atoms with Crippen LogP contribution in [0.5, 0.6) is 0 Å².